The average Bonchev–Trinajstić information content (AvgIpc) is 2.29. The number of hydrogen-bond donors (Lipinski definition) is 2. The Bertz CT molecular complexity index is 469. The van der Waals surface area contributed by atoms with E-state index in [9.17, 15) is 8.42 Å². The van der Waals surface area contributed by atoms with E-state index >= 15 is 0 Å². The van der Waals surface area contributed by atoms with E-state index in [0.29, 0.717) is 11.6 Å². The van der Waals surface area contributed by atoms with Gasteiger partial charge in [0, 0.05) is 6.04 Å². The normalized spacial score (nSPS) is 13.7. The summed E-state index contributed by atoms with van der Waals surface area (Å²) in [5.74, 6) is 0.431. The lowest BCUT2D eigenvalue weighted by Gasteiger charge is -2.20. The van der Waals surface area contributed by atoms with Crippen molar-refractivity contribution in [3.05, 3.63) is 24.3 Å². The number of benzene rings is 1. The summed E-state index contributed by atoms with van der Waals surface area (Å²) in [6.45, 7) is 6.22. The first-order valence-electron chi connectivity index (χ1n) is 5.67. The van der Waals surface area contributed by atoms with Gasteiger partial charge in [-0.3, -0.25) is 0 Å². The van der Waals surface area contributed by atoms with Gasteiger partial charge in [-0.1, -0.05) is 26.0 Å². The third kappa shape index (κ3) is 3.44. The summed E-state index contributed by atoms with van der Waals surface area (Å²) < 4.78 is 26.0. The molecule has 0 heterocycles. The lowest BCUT2D eigenvalue weighted by atomic mass is 10.1. The van der Waals surface area contributed by atoms with Crippen LogP contribution in [0.25, 0.3) is 0 Å². The summed E-state index contributed by atoms with van der Waals surface area (Å²) in [7, 11) is -2.00. The van der Waals surface area contributed by atoms with Gasteiger partial charge in [0.05, 0.1) is 5.69 Å². The number of anilines is 1. The van der Waals surface area contributed by atoms with Crippen LogP contribution in [-0.2, 0) is 10.0 Å². The van der Waals surface area contributed by atoms with Gasteiger partial charge in [0.1, 0.15) is 4.90 Å². The summed E-state index contributed by atoms with van der Waals surface area (Å²) in [6, 6.07) is 7.13. The van der Waals surface area contributed by atoms with Crippen LogP contribution in [0.15, 0.2) is 29.2 Å². The van der Waals surface area contributed by atoms with Crippen molar-refractivity contribution in [3.63, 3.8) is 0 Å². The van der Waals surface area contributed by atoms with Crippen LogP contribution in [0, 0.1) is 5.92 Å². The van der Waals surface area contributed by atoms with Gasteiger partial charge in [-0.15, -0.1) is 0 Å². The molecule has 0 spiro atoms. The molecule has 5 heteroatoms. The van der Waals surface area contributed by atoms with Crippen LogP contribution in [0.4, 0.5) is 5.69 Å². The van der Waals surface area contributed by atoms with E-state index < -0.39 is 10.0 Å². The molecule has 0 saturated heterocycles. The van der Waals surface area contributed by atoms with E-state index in [1.165, 1.54) is 7.05 Å². The number of para-hydroxylation sites is 1. The van der Waals surface area contributed by atoms with Gasteiger partial charge >= 0.3 is 0 Å². The molecule has 0 fully saturated rings. The van der Waals surface area contributed by atoms with Crippen molar-refractivity contribution in [2.75, 3.05) is 12.4 Å². The van der Waals surface area contributed by atoms with E-state index in [2.05, 4.69) is 23.9 Å². The highest BCUT2D eigenvalue weighted by atomic mass is 32.2. The van der Waals surface area contributed by atoms with Crippen molar-refractivity contribution >= 4 is 15.7 Å². The number of rotatable bonds is 5. The molecule has 0 radical (unpaired) electrons. The molecule has 2 N–H and O–H groups in total. The molecule has 0 bridgehead atoms. The Morgan fingerprint density at radius 1 is 1.12 bits per heavy atom. The quantitative estimate of drug-likeness (QED) is 0.847. The molecule has 1 rings (SSSR count). The van der Waals surface area contributed by atoms with E-state index in [1.54, 1.807) is 18.2 Å². The zero-order chi connectivity index (χ0) is 13.1. The van der Waals surface area contributed by atoms with Gasteiger partial charge in [0.2, 0.25) is 10.0 Å². The molecular formula is C12H20N2O2S. The smallest absolute Gasteiger partial charge is 0.242 e. The van der Waals surface area contributed by atoms with E-state index in [0.717, 1.165) is 0 Å². The highest BCUT2D eigenvalue weighted by Gasteiger charge is 2.17. The lowest BCUT2D eigenvalue weighted by Crippen LogP contribution is -2.25. The second-order valence-corrected chi connectivity index (χ2v) is 6.24. The molecule has 17 heavy (non-hydrogen) atoms. The Balaban J connectivity index is 3.09. The predicted molar refractivity (Wildman–Crippen MR) is 70.6 cm³/mol. The first-order chi connectivity index (χ1) is 7.88. The van der Waals surface area contributed by atoms with Crippen molar-refractivity contribution in [1.29, 1.82) is 0 Å². The monoisotopic (exact) mass is 256 g/mol. The maximum Gasteiger partial charge on any atom is 0.242 e. The molecule has 96 valence electrons. The van der Waals surface area contributed by atoms with Crippen molar-refractivity contribution in [1.82, 2.24) is 4.72 Å². The number of nitrogens with one attached hydrogen (secondary N) is 2. The summed E-state index contributed by atoms with van der Waals surface area (Å²) in [6.07, 6.45) is 0. The maximum atomic E-state index is 11.8. The van der Waals surface area contributed by atoms with E-state index in [4.69, 9.17) is 0 Å². The topological polar surface area (TPSA) is 58.2 Å². The lowest BCUT2D eigenvalue weighted by molar-refractivity contribution is 0.557. The summed E-state index contributed by atoms with van der Waals surface area (Å²) in [5.41, 5.74) is 0.642. The summed E-state index contributed by atoms with van der Waals surface area (Å²) in [5, 5.41) is 3.23. The fourth-order valence-electron chi connectivity index (χ4n) is 1.34. The van der Waals surface area contributed by atoms with Crippen LogP contribution in [0.5, 0.6) is 0 Å². The second-order valence-electron chi connectivity index (χ2n) is 4.38. The van der Waals surface area contributed by atoms with Gasteiger partial charge in [-0.05, 0) is 32.0 Å². The Labute approximate surface area is 103 Å². The first kappa shape index (κ1) is 14.0. The molecule has 1 aromatic rings. The van der Waals surface area contributed by atoms with Gasteiger partial charge in [-0.2, -0.15) is 0 Å². The molecule has 0 aliphatic heterocycles. The summed E-state index contributed by atoms with van der Waals surface area (Å²) >= 11 is 0. The van der Waals surface area contributed by atoms with Crippen molar-refractivity contribution in [2.45, 2.75) is 31.7 Å². The second kappa shape index (κ2) is 5.51. The van der Waals surface area contributed by atoms with Crippen molar-refractivity contribution in [3.8, 4) is 0 Å². The van der Waals surface area contributed by atoms with Gasteiger partial charge in [0.25, 0.3) is 0 Å². The average molecular weight is 256 g/mol. The van der Waals surface area contributed by atoms with E-state index in [-0.39, 0.29) is 10.9 Å². The van der Waals surface area contributed by atoms with Crippen LogP contribution in [0.1, 0.15) is 20.8 Å². The van der Waals surface area contributed by atoms with Gasteiger partial charge in [0.15, 0.2) is 0 Å². The Hall–Kier alpha value is -1.07. The fourth-order valence-corrected chi connectivity index (χ4v) is 2.24. The Morgan fingerprint density at radius 2 is 1.71 bits per heavy atom. The van der Waals surface area contributed by atoms with Gasteiger partial charge < -0.3 is 5.32 Å². The van der Waals surface area contributed by atoms with Gasteiger partial charge in [-0.25, -0.2) is 13.1 Å². The SMILES string of the molecule is CNS(=O)(=O)c1ccccc1NC(C)C(C)C. The van der Waals surface area contributed by atoms with Crippen LogP contribution >= 0.6 is 0 Å². The van der Waals surface area contributed by atoms with Crippen LogP contribution in [0.2, 0.25) is 0 Å². The van der Waals surface area contributed by atoms with E-state index in [1.807, 2.05) is 13.0 Å². The fraction of sp³-hybridized carbons (Fsp3) is 0.500. The zero-order valence-corrected chi connectivity index (χ0v) is 11.5. The third-order valence-electron chi connectivity index (χ3n) is 2.83. The van der Waals surface area contributed by atoms with Crippen LogP contribution in [-0.4, -0.2) is 21.5 Å². The largest absolute Gasteiger partial charge is 0.381 e. The molecule has 1 atom stereocenters. The molecule has 0 saturated carbocycles. The molecular weight excluding hydrogens is 236 g/mol. The minimum Gasteiger partial charge on any atom is -0.381 e. The Morgan fingerprint density at radius 3 is 2.24 bits per heavy atom. The molecule has 1 unspecified atom stereocenters. The highest BCUT2D eigenvalue weighted by molar-refractivity contribution is 7.89. The third-order valence-corrected chi connectivity index (χ3v) is 4.30. The highest BCUT2D eigenvalue weighted by Crippen LogP contribution is 2.22. The molecule has 0 aliphatic rings. The summed E-state index contributed by atoms with van der Waals surface area (Å²) in [4.78, 5) is 0.287. The van der Waals surface area contributed by atoms with Crippen LogP contribution in [0.3, 0.4) is 0 Å². The molecule has 1 aromatic carbocycles. The number of hydrogen-bond acceptors (Lipinski definition) is 3. The molecule has 0 aliphatic carbocycles. The predicted octanol–water partition coefficient (Wildman–Crippen LogP) is 2.05. The molecule has 0 aromatic heterocycles. The van der Waals surface area contributed by atoms with Crippen molar-refractivity contribution in [2.24, 2.45) is 5.92 Å². The molecule has 0 amide bonds. The van der Waals surface area contributed by atoms with Crippen molar-refractivity contribution < 1.29 is 8.42 Å². The minimum absolute atomic E-state index is 0.211. The Kier molecular flexibility index (Phi) is 4.54. The number of sulfonamides is 1. The molecule has 4 nitrogen and oxygen atoms in total. The minimum atomic E-state index is -3.41. The maximum absolute atomic E-state index is 11.8. The first-order valence-corrected chi connectivity index (χ1v) is 7.16. The zero-order valence-electron chi connectivity index (χ0n) is 10.7. The standard InChI is InChI=1S/C12H20N2O2S/c1-9(2)10(3)14-11-7-5-6-8-12(11)17(15,16)13-4/h5-10,13-14H,1-4H3. The van der Waals surface area contributed by atoms with Crippen LogP contribution < -0.4 is 10.0 Å².